The lowest BCUT2D eigenvalue weighted by Crippen LogP contribution is -2.52. The van der Waals surface area contributed by atoms with Gasteiger partial charge >= 0.3 is 6.03 Å². The van der Waals surface area contributed by atoms with E-state index in [0.29, 0.717) is 23.1 Å². The highest BCUT2D eigenvalue weighted by Gasteiger charge is 2.44. The van der Waals surface area contributed by atoms with Gasteiger partial charge in [0.05, 0.1) is 28.9 Å². The number of oxazole rings is 1. The van der Waals surface area contributed by atoms with Crippen LogP contribution in [0.5, 0.6) is 0 Å². The predicted octanol–water partition coefficient (Wildman–Crippen LogP) is 3.73. The lowest BCUT2D eigenvalue weighted by molar-refractivity contribution is 0.0754. The zero-order valence-electron chi connectivity index (χ0n) is 15.8. The molecule has 2 aliphatic heterocycles. The molecular formula is C20H25ClN4O3. The quantitative estimate of drug-likeness (QED) is 0.709. The van der Waals surface area contributed by atoms with E-state index >= 15 is 0 Å². The van der Waals surface area contributed by atoms with Crippen molar-refractivity contribution in [1.29, 1.82) is 0 Å². The van der Waals surface area contributed by atoms with Crippen molar-refractivity contribution in [2.45, 2.75) is 63.1 Å². The van der Waals surface area contributed by atoms with E-state index in [1.54, 1.807) is 6.07 Å². The molecule has 7 nitrogen and oxygen atoms in total. The van der Waals surface area contributed by atoms with Crippen LogP contribution in [0.25, 0.3) is 11.1 Å². The fourth-order valence-electron chi connectivity index (χ4n) is 4.95. The van der Waals surface area contributed by atoms with Gasteiger partial charge in [-0.25, -0.2) is 9.78 Å². The van der Waals surface area contributed by atoms with Gasteiger partial charge in [-0.15, -0.1) is 0 Å². The number of fused-ring (bicyclic) bond motifs is 4. The molecule has 2 amide bonds. The Kier molecular flexibility index (Phi) is 4.49. The molecule has 0 radical (unpaired) electrons. The third-order valence-corrected chi connectivity index (χ3v) is 6.67. The molecule has 3 heterocycles. The summed E-state index contributed by atoms with van der Waals surface area (Å²) in [4.78, 5) is 19.3. The first-order chi connectivity index (χ1) is 13.5. The number of hydrogen-bond acceptors (Lipinski definition) is 5. The Morgan fingerprint density at radius 1 is 1.29 bits per heavy atom. The number of piperidine rings is 1. The number of carbonyl (C=O) groups excluding carboxylic acids is 1. The minimum Gasteiger partial charge on any atom is -0.439 e. The molecule has 0 unspecified atom stereocenters. The standard InChI is InChI=1S/C20H25ClN4O3/c21-13-10-14-18(28-15(22-14)11-25-8-4-12(26)5-9-25)16-17(13)23-19(27)24-20(16)6-2-1-3-7-20/h10,12,26H,1-9,11H2,(H2,23,24,27). The van der Waals surface area contributed by atoms with Crippen LogP contribution in [0.4, 0.5) is 10.5 Å². The zero-order valence-corrected chi connectivity index (χ0v) is 16.5. The van der Waals surface area contributed by atoms with E-state index < -0.39 is 5.54 Å². The number of nitrogens with one attached hydrogen (secondary N) is 2. The highest BCUT2D eigenvalue weighted by molar-refractivity contribution is 6.35. The monoisotopic (exact) mass is 404 g/mol. The molecule has 0 atom stereocenters. The van der Waals surface area contributed by atoms with Gasteiger partial charge in [0.25, 0.3) is 0 Å². The van der Waals surface area contributed by atoms with Crippen LogP contribution in [0.1, 0.15) is 56.4 Å². The molecular weight excluding hydrogens is 380 g/mol. The van der Waals surface area contributed by atoms with E-state index in [9.17, 15) is 9.90 Å². The molecule has 2 fully saturated rings. The first-order valence-corrected chi connectivity index (χ1v) is 10.5. The van der Waals surface area contributed by atoms with Crippen molar-refractivity contribution in [1.82, 2.24) is 15.2 Å². The van der Waals surface area contributed by atoms with Crippen LogP contribution in [-0.4, -0.2) is 40.2 Å². The Hall–Kier alpha value is -1.83. The third kappa shape index (κ3) is 3.06. The molecule has 1 spiro atoms. The number of likely N-dealkylation sites (tertiary alicyclic amines) is 1. The number of urea groups is 1. The van der Waals surface area contributed by atoms with Crippen LogP contribution in [0.3, 0.4) is 0 Å². The van der Waals surface area contributed by atoms with Gasteiger partial charge in [-0.05, 0) is 31.7 Å². The number of anilines is 1. The molecule has 8 heteroatoms. The second-order valence-corrected chi connectivity index (χ2v) is 8.70. The maximum atomic E-state index is 12.3. The second kappa shape index (κ2) is 6.90. The molecule has 3 N–H and O–H groups in total. The van der Waals surface area contributed by atoms with Crippen molar-refractivity contribution in [2.24, 2.45) is 0 Å². The van der Waals surface area contributed by atoms with Crippen molar-refractivity contribution in [3.05, 3.63) is 22.5 Å². The fraction of sp³-hybridized carbons (Fsp3) is 0.600. The average Bonchev–Trinajstić information content (AvgIpc) is 3.06. The number of carbonyl (C=O) groups is 1. The summed E-state index contributed by atoms with van der Waals surface area (Å²) in [5.41, 5.74) is 2.62. The number of hydrogen-bond donors (Lipinski definition) is 3. The normalized spacial score (nSPS) is 22.9. The van der Waals surface area contributed by atoms with Crippen molar-refractivity contribution >= 4 is 34.4 Å². The molecule has 1 saturated carbocycles. The molecule has 2 aromatic rings. The van der Waals surface area contributed by atoms with Gasteiger partial charge in [0, 0.05) is 18.7 Å². The molecule has 28 heavy (non-hydrogen) atoms. The number of aliphatic hydroxyl groups is 1. The number of aliphatic hydroxyl groups excluding tert-OH is 1. The second-order valence-electron chi connectivity index (χ2n) is 8.29. The summed E-state index contributed by atoms with van der Waals surface area (Å²) in [5, 5.41) is 16.3. The summed E-state index contributed by atoms with van der Waals surface area (Å²) >= 11 is 6.54. The maximum Gasteiger partial charge on any atom is 0.319 e. The molecule has 1 saturated heterocycles. The van der Waals surface area contributed by atoms with E-state index in [0.717, 1.165) is 68.3 Å². The maximum absolute atomic E-state index is 12.3. The first kappa shape index (κ1) is 18.2. The fourth-order valence-corrected chi connectivity index (χ4v) is 5.20. The Labute approximate surface area is 168 Å². The molecule has 0 bridgehead atoms. The van der Waals surface area contributed by atoms with Gasteiger partial charge in [-0.1, -0.05) is 30.9 Å². The van der Waals surface area contributed by atoms with E-state index in [2.05, 4.69) is 15.5 Å². The van der Waals surface area contributed by atoms with Gasteiger partial charge in [0.2, 0.25) is 5.89 Å². The van der Waals surface area contributed by atoms with Gasteiger partial charge in [-0.2, -0.15) is 0 Å². The van der Waals surface area contributed by atoms with Crippen LogP contribution in [0, 0.1) is 0 Å². The number of halogens is 1. The summed E-state index contributed by atoms with van der Waals surface area (Å²) in [5.74, 6) is 0.652. The van der Waals surface area contributed by atoms with Crippen LogP contribution in [0.2, 0.25) is 5.02 Å². The zero-order chi connectivity index (χ0) is 19.3. The summed E-state index contributed by atoms with van der Waals surface area (Å²) in [6.45, 7) is 2.28. The summed E-state index contributed by atoms with van der Waals surface area (Å²) in [6.07, 6.45) is 6.40. The largest absolute Gasteiger partial charge is 0.439 e. The van der Waals surface area contributed by atoms with Gasteiger partial charge in [0.1, 0.15) is 5.52 Å². The van der Waals surface area contributed by atoms with Crippen LogP contribution < -0.4 is 10.6 Å². The minimum atomic E-state index is -0.439. The number of rotatable bonds is 2. The lowest BCUT2D eigenvalue weighted by atomic mass is 9.74. The summed E-state index contributed by atoms with van der Waals surface area (Å²) in [6, 6.07) is 1.58. The van der Waals surface area contributed by atoms with Crippen molar-refractivity contribution in [3.8, 4) is 0 Å². The third-order valence-electron chi connectivity index (χ3n) is 6.37. The Balaban J connectivity index is 1.56. The van der Waals surface area contributed by atoms with E-state index in [1.807, 2.05) is 0 Å². The van der Waals surface area contributed by atoms with Crippen molar-refractivity contribution in [2.75, 3.05) is 18.4 Å². The highest BCUT2D eigenvalue weighted by Crippen LogP contribution is 2.48. The number of amides is 2. The SMILES string of the molecule is O=C1Nc2c(Cl)cc3nc(CN4CCC(O)CC4)oc3c2C2(CCCCC2)N1. The number of aromatic nitrogens is 1. The van der Waals surface area contributed by atoms with E-state index in [-0.39, 0.29) is 12.1 Å². The van der Waals surface area contributed by atoms with Crippen LogP contribution in [0.15, 0.2) is 10.5 Å². The summed E-state index contributed by atoms with van der Waals surface area (Å²) in [7, 11) is 0. The van der Waals surface area contributed by atoms with Crippen LogP contribution >= 0.6 is 11.6 Å². The average molecular weight is 405 g/mol. The van der Waals surface area contributed by atoms with Gasteiger partial charge in [-0.3, -0.25) is 4.90 Å². The van der Waals surface area contributed by atoms with Crippen molar-refractivity contribution in [3.63, 3.8) is 0 Å². The Bertz CT molecular complexity index is 914. The van der Waals surface area contributed by atoms with E-state index in [1.165, 1.54) is 6.42 Å². The van der Waals surface area contributed by atoms with E-state index in [4.69, 9.17) is 21.0 Å². The molecule has 150 valence electrons. The molecule has 3 aliphatic rings. The Morgan fingerprint density at radius 2 is 2.04 bits per heavy atom. The predicted molar refractivity (Wildman–Crippen MR) is 106 cm³/mol. The molecule has 1 aromatic heterocycles. The number of benzene rings is 1. The van der Waals surface area contributed by atoms with Gasteiger partial charge < -0.3 is 20.2 Å². The van der Waals surface area contributed by atoms with Crippen LogP contribution in [-0.2, 0) is 12.1 Å². The smallest absolute Gasteiger partial charge is 0.319 e. The molecule has 5 rings (SSSR count). The summed E-state index contributed by atoms with van der Waals surface area (Å²) < 4.78 is 6.25. The Morgan fingerprint density at radius 3 is 2.79 bits per heavy atom. The molecule has 1 aromatic carbocycles. The highest BCUT2D eigenvalue weighted by atomic mass is 35.5. The first-order valence-electron chi connectivity index (χ1n) is 10.2. The lowest BCUT2D eigenvalue weighted by Gasteiger charge is -2.42. The van der Waals surface area contributed by atoms with Crippen molar-refractivity contribution < 1.29 is 14.3 Å². The molecule has 1 aliphatic carbocycles. The van der Waals surface area contributed by atoms with Gasteiger partial charge in [0.15, 0.2) is 5.58 Å². The topological polar surface area (TPSA) is 90.6 Å². The minimum absolute atomic E-state index is 0.202. The number of nitrogens with zero attached hydrogens (tertiary/aromatic N) is 2.